The molecule has 2 N–H and O–H groups in total. The van der Waals surface area contributed by atoms with Crippen molar-refractivity contribution in [1.29, 1.82) is 0 Å². The second-order valence-corrected chi connectivity index (χ2v) is 15.0. The monoisotopic (exact) mass is 870 g/mol. The Hall–Kier alpha value is -6.62. The molecule has 332 valence electrons. The van der Waals surface area contributed by atoms with E-state index in [2.05, 4.69) is 41.6 Å². The van der Waals surface area contributed by atoms with Crippen molar-refractivity contribution in [3.8, 4) is 0 Å². The Morgan fingerprint density at radius 2 is 1.13 bits per heavy atom. The van der Waals surface area contributed by atoms with Gasteiger partial charge >= 0.3 is 12.2 Å². The summed E-state index contributed by atoms with van der Waals surface area (Å²) in [5.41, 5.74) is -0.0716. The SMILES string of the molecule is CCC(=O)NC[C@H]1CN(c2cc(F)c(N3CCC(n4cnnn4)CC3)c(F)c2)C(=O)O1.CCC(=O)NC[C@H]1CN(c2cc(F)c(N3CCC(n4ncnn4)CC3)c(F)c2)C(=O)O1. The summed E-state index contributed by atoms with van der Waals surface area (Å²) in [7, 11) is 0. The van der Waals surface area contributed by atoms with Gasteiger partial charge in [-0.3, -0.25) is 19.4 Å². The van der Waals surface area contributed by atoms with E-state index in [1.807, 2.05) is 0 Å². The maximum absolute atomic E-state index is 14.9. The average Bonchev–Trinajstić information content (AvgIpc) is 4.11. The van der Waals surface area contributed by atoms with Crippen molar-refractivity contribution in [1.82, 2.24) is 51.0 Å². The lowest BCUT2D eigenvalue weighted by atomic mass is 10.0. The largest absolute Gasteiger partial charge is 0.442 e. The number of halogens is 4. The van der Waals surface area contributed by atoms with Crippen LogP contribution in [0.3, 0.4) is 0 Å². The Kier molecular flexibility index (Phi) is 13.6. The van der Waals surface area contributed by atoms with Gasteiger partial charge in [-0.15, -0.1) is 15.3 Å². The van der Waals surface area contributed by atoms with Crippen LogP contribution in [-0.4, -0.2) is 129 Å². The molecule has 0 saturated carbocycles. The van der Waals surface area contributed by atoms with Crippen molar-refractivity contribution in [3.63, 3.8) is 0 Å². The van der Waals surface area contributed by atoms with Crippen molar-refractivity contribution in [2.24, 2.45) is 0 Å². The first-order chi connectivity index (χ1) is 29.9. The number of tetrazole rings is 2. The van der Waals surface area contributed by atoms with E-state index in [-0.39, 0.29) is 72.8 Å². The summed E-state index contributed by atoms with van der Waals surface area (Å²) < 4.78 is 71.6. The summed E-state index contributed by atoms with van der Waals surface area (Å²) >= 11 is 0. The molecular weight excluding hydrogens is 825 g/mol. The molecule has 62 heavy (non-hydrogen) atoms. The second-order valence-electron chi connectivity index (χ2n) is 15.0. The Bertz CT molecular complexity index is 2000. The van der Waals surface area contributed by atoms with Gasteiger partial charge in [-0.25, -0.2) is 31.8 Å². The molecule has 4 amide bonds. The van der Waals surface area contributed by atoms with Crippen LogP contribution in [0.15, 0.2) is 36.9 Å². The fourth-order valence-corrected chi connectivity index (χ4v) is 7.76. The van der Waals surface area contributed by atoms with Crippen molar-refractivity contribution in [3.05, 3.63) is 60.2 Å². The van der Waals surface area contributed by atoms with Crippen LogP contribution in [0.2, 0.25) is 0 Å². The van der Waals surface area contributed by atoms with Crippen molar-refractivity contribution in [2.45, 2.75) is 76.7 Å². The smallest absolute Gasteiger partial charge is 0.414 e. The lowest BCUT2D eigenvalue weighted by Crippen LogP contribution is -2.36. The molecule has 0 radical (unpaired) electrons. The third-order valence-electron chi connectivity index (χ3n) is 11.1. The van der Waals surface area contributed by atoms with Gasteiger partial charge in [0, 0.05) is 63.3 Å². The van der Waals surface area contributed by atoms with Gasteiger partial charge in [0.1, 0.15) is 29.9 Å². The van der Waals surface area contributed by atoms with E-state index in [9.17, 15) is 36.7 Å². The van der Waals surface area contributed by atoms with E-state index < -0.39 is 47.7 Å². The fourth-order valence-electron chi connectivity index (χ4n) is 7.76. The number of cyclic esters (lactones) is 2. The van der Waals surface area contributed by atoms with Gasteiger partial charge in [0.2, 0.25) is 11.8 Å². The molecule has 4 saturated heterocycles. The van der Waals surface area contributed by atoms with Crippen LogP contribution in [0.1, 0.15) is 64.5 Å². The first-order valence-electron chi connectivity index (χ1n) is 20.3. The first-order valence-corrected chi connectivity index (χ1v) is 20.3. The summed E-state index contributed by atoms with van der Waals surface area (Å²) in [6, 6.07) is 4.67. The molecular formula is C38H46F4N14O6. The number of hydrogen-bond acceptors (Lipinski definition) is 14. The molecule has 0 aliphatic carbocycles. The predicted octanol–water partition coefficient (Wildman–Crippen LogP) is 3.29. The molecule has 6 heterocycles. The molecule has 20 nitrogen and oxygen atoms in total. The summed E-state index contributed by atoms with van der Waals surface area (Å²) in [5, 5.41) is 28.0. The zero-order valence-electron chi connectivity index (χ0n) is 34.0. The molecule has 4 fully saturated rings. The van der Waals surface area contributed by atoms with E-state index in [0.29, 0.717) is 64.7 Å². The molecule has 24 heteroatoms. The van der Waals surface area contributed by atoms with E-state index in [1.54, 1.807) is 28.3 Å². The van der Waals surface area contributed by atoms with E-state index >= 15 is 0 Å². The Labute approximate surface area is 352 Å². The summed E-state index contributed by atoms with van der Waals surface area (Å²) in [6.07, 6.45) is 3.49. The normalized spacial score (nSPS) is 19.6. The molecule has 0 bridgehead atoms. The van der Waals surface area contributed by atoms with E-state index in [0.717, 1.165) is 24.3 Å². The number of carbonyl (C=O) groups excluding carboxylic acids is 4. The molecule has 2 aromatic heterocycles. The number of nitrogens with zero attached hydrogens (tertiary/aromatic N) is 12. The third kappa shape index (κ3) is 9.94. The minimum Gasteiger partial charge on any atom is -0.442 e. The minimum absolute atomic E-state index is 0.0358. The van der Waals surface area contributed by atoms with E-state index in [4.69, 9.17) is 9.47 Å². The van der Waals surface area contributed by atoms with Crippen LogP contribution in [0.25, 0.3) is 0 Å². The number of hydrogen-bond donors (Lipinski definition) is 2. The highest BCUT2D eigenvalue weighted by Crippen LogP contribution is 2.35. The summed E-state index contributed by atoms with van der Waals surface area (Å²) in [4.78, 5) is 54.3. The number of benzene rings is 2. The maximum Gasteiger partial charge on any atom is 0.414 e. The number of amides is 4. The standard InChI is InChI=1S/2C19H23F2N7O3/c1-2-17(29)22-9-14-10-27(19(30)31-14)13-7-15(20)18(16(21)8-13)26-5-3-12(4-6-26)28-11-23-24-25-28;1-2-17(29)22-9-14-10-27(19(30)31-14)13-7-15(20)18(16(21)8-13)26-5-3-12(4-6-26)28-24-11-23-25-28/h2*7-8,11-12,14H,2-6,9-10H2,1H3,(H,22,29)/t2*14-/m00/s1. The lowest BCUT2D eigenvalue weighted by Gasteiger charge is -2.33. The van der Waals surface area contributed by atoms with Crippen LogP contribution in [-0.2, 0) is 19.1 Å². The maximum atomic E-state index is 14.9. The van der Waals surface area contributed by atoms with E-state index in [1.165, 1.54) is 27.3 Å². The van der Waals surface area contributed by atoms with Crippen LogP contribution < -0.4 is 30.2 Å². The number of anilines is 4. The van der Waals surface area contributed by atoms with Gasteiger partial charge in [-0.1, -0.05) is 13.8 Å². The van der Waals surface area contributed by atoms with Crippen LogP contribution in [0.5, 0.6) is 0 Å². The number of ether oxygens (including phenoxy) is 2. The zero-order valence-corrected chi connectivity index (χ0v) is 34.0. The number of aromatic nitrogens is 8. The summed E-state index contributed by atoms with van der Waals surface area (Å²) in [6.45, 7) is 5.67. The quantitative estimate of drug-likeness (QED) is 0.196. The summed E-state index contributed by atoms with van der Waals surface area (Å²) in [5.74, 6) is -3.32. The number of carbonyl (C=O) groups is 4. The third-order valence-corrected chi connectivity index (χ3v) is 11.1. The number of rotatable bonds is 12. The average molecular weight is 871 g/mol. The topological polar surface area (TPSA) is 211 Å². The number of nitrogens with one attached hydrogen (secondary N) is 2. The van der Waals surface area contributed by atoms with Gasteiger partial charge < -0.3 is 29.9 Å². The molecule has 0 unspecified atom stereocenters. The van der Waals surface area contributed by atoms with Crippen LogP contribution in [0.4, 0.5) is 49.9 Å². The minimum atomic E-state index is -0.747. The Morgan fingerprint density at radius 3 is 1.52 bits per heavy atom. The zero-order chi connectivity index (χ0) is 43.9. The van der Waals surface area contributed by atoms with Crippen molar-refractivity contribution < 1.29 is 46.2 Å². The highest BCUT2D eigenvalue weighted by atomic mass is 19.1. The van der Waals surface area contributed by atoms with Gasteiger partial charge in [0.15, 0.2) is 29.6 Å². The number of piperidine rings is 2. The lowest BCUT2D eigenvalue weighted by molar-refractivity contribution is -0.121. The molecule has 8 rings (SSSR count). The fraction of sp³-hybridized carbons (Fsp3) is 0.526. The Balaban J connectivity index is 0.000000186. The molecule has 0 spiro atoms. The highest BCUT2D eigenvalue weighted by Gasteiger charge is 2.36. The predicted molar refractivity (Wildman–Crippen MR) is 211 cm³/mol. The van der Waals surface area contributed by atoms with Gasteiger partial charge in [-0.2, -0.15) is 4.80 Å². The van der Waals surface area contributed by atoms with Crippen LogP contribution >= 0.6 is 0 Å². The van der Waals surface area contributed by atoms with Crippen molar-refractivity contribution >= 4 is 46.8 Å². The highest BCUT2D eigenvalue weighted by molar-refractivity contribution is 5.91. The molecule has 4 aliphatic heterocycles. The second kappa shape index (κ2) is 19.4. The van der Waals surface area contributed by atoms with Gasteiger partial charge in [-0.05, 0) is 41.3 Å². The van der Waals surface area contributed by atoms with Crippen molar-refractivity contribution in [2.75, 3.05) is 72.0 Å². The molecule has 2 atom stereocenters. The molecule has 4 aromatic rings. The van der Waals surface area contributed by atoms with Crippen LogP contribution in [0, 0.1) is 23.3 Å². The Morgan fingerprint density at radius 1 is 0.677 bits per heavy atom. The molecule has 2 aromatic carbocycles. The van der Waals surface area contributed by atoms with Gasteiger partial charge in [0.05, 0.1) is 49.6 Å². The molecule has 4 aliphatic rings. The first kappa shape index (κ1) is 43.5. The van der Waals surface area contributed by atoms with Gasteiger partial charge in [0.25, 0.3) is 0 Å².